The Hall–Kier alpha value is -2.18. The van der Waals surface area contributed by atoms with E-state index >= 15 is 0 Å². The Morgan fingerprint density at radius 1 is 1.00 bits per heavy atom. The van der Waals surface area contributed by atoms with Crippen molar-refractivity contribution in [1.29, 1.82) is 0 Å². The van der Waals surface area contributed by atoms with E-state index < -0.39 is 17.7 Å². The first kappa shape index (κ1) is 16.7. The van der Waals surface area contributed by atoms with Crippen LogP contribution in [-0.2, 0) is 4.74 Å². The second-order valence-electron chi connectivity index (χ2n) is 6.05. The van der Waals surface area contributed by atoms with Crippen LogP contribution >= 0.6 is 0 Å². The molecule has 2 aromatic carbocycles. The van der Waals surface area contributed by atoms with Crippen LogP contribution in [0.15, 0.2) is 24.3 Å². The molecule has 1 aliphatic heterocycles. The Balaban J connectivity index is 1.99. The summed E-state index contributed by atoms with van der Waals surface area (Å²) in [7, 11) is 0. The largest absolute Gasteiger partial charge is 0.507 e. The molecule has 3 N–H and O–H groups in total. The molecule has 0 bridgehead atoms. The summed E-state index contributed by atoms with van der Waals surface area (Å²) < 4.78 is 33.0. The molecular formula is C18H18F2O4. The summed E-state index contributed by atoms with van der Waals surface area (Å²) in [4.78, 5) is 0. The summed E-state index contributed by atoms with van der Waals surface area (Å²) in [5.74, 6) is -2.08. The van der Waals surface area contributed by atoms with Gasteiger partial charge in [-0.1, -0.05) is 0 Å². The normalized spacial score (nSPS) is 21.0. The third-order valence-electron chi connectivity index (χ3n) is 4.31. The molecule has 2 atom stereocenters. The predicted molar refractivity (Wildman–Crippen MR) is 83.8 cm³/mol. The zero-order valence-electron chi connectivity index (χ0n) is 13.1. The van der Waals surface area contributed by atoms with Gasteiger partial charge >= 0.3 is 0 Å². The molecule has 0 radical (unpaired) electrons. The Bertz CT molecular complexity index is 722. The zero-order chi connectivity index (χ0) is 17.4. The van der Waals surface area contributed by atoms with Crippen molar-refractivity contribution in [1.82, 2.24) is 0 Å². The third kappa shape index (κ3) is 3.07. The smallest absolute Gasteiger partial charge is 0.129 e. The lowest BCUT2D eigenvalue weighted by atomic mass is 9.95. The van der Waals surface area contributed by atoms with Crippen LogP contribution in [0.3, 0.4) is 0 Å². The molecule has 0 spiro atoms. The summed E-state index contributed by atoms with van der Waals surface area (Å²) in [5.41, 5.74) is 0.446. The van der Waals surface area contributed by atoms with Gasteiger partial charge in [0, 0.05) is 5.56 Å². The van der Waals surface area contributed by atoms with E-state index in [-0.39, 0.29) is 40.9 Å². The van der Waals surface area contributed by atoms with Crippen molar-refractivity contribution in [2.45, 2.75) is 32.0 Å². The first-order valence-corrected chi connectivity index (χ1v) is 7.68. The lowest BCUT2D eigenvalue weighted by molar-refractivity contribution is -0.0569. The van der Waals surface area contributed by atoms with Gasteiger partial charge in [-0.05, 0) is 55.2 Å². The van der Waals surface area contributed by atoms with Crippen LogP contribution in [0, 0.1) is 18.6 Å². The van der Waals surface area contributed by atoms with Crippen molar-refractivity contribution in [3.63, 3.8) is 0 Å². The Kier molecular flexibility index (Phi) is 4.43. The molecule has 1 heterocycles. The van der Waals surface area contributed by atoms with Crippen molar-refractivity contribution in [3.05, 3.63) is 47.0 Å². The summed E-state index contributed by atoms with van der Waals surface area (Å²) in [6.45, 7) is 1.49. The zero-order valence-corrected chi connectivity index (χ0v) is 13.1. The van der Waals surface area contributed by atoms with Crippen molar-refractivity contribution < 1.29 is 28.8 Å². The Morgan fingerprint density at radius 2 is 1.58 bits per heavy atom. The van der Waals surface area contributed by atoms with E-state index in [0.717, 1.165) is 12.1 Å². The van der Waals surface area contributed by atoms with Gasteiger partial charge in [-0.3, -0.25) is 0 Å². The van der Waals surface area contributed by atoms with E-state index in [4.69, 9.17) is 4.74 Å². The number of aliphatic hydroxyl groups excluding tert-OH is 1. The van der Waals surface area contributed by atoms with E-state index in [2.05, 4.69) is 0 Å². The van der Waals surface area contributed by atoms with Crippen molar-refractivity contribution in [2.75, 3.05) is 6.61 Å². The molecule has 0 aliphatic carbocycles. The second kappa shape index (κ2) is 6.37. The highest BCUT2D eigenvalue weighted by molar-refractivity contribution is 5.77. The number of halogens is 2. The van der Waals surface area contributed by atoms with Gasteiger partial charge in [0.1, 0.15) is 23.1 Å². The molecule has 0 saturated carbocycles. The first-order valence-electron chi connectivity index (χ1n) is 7.68. The van der Waals surface area contributed by atoms with Gasteiger partial charge in [0.25, 0.3) is 0 Å². The standard InChI is InChI=1S/C18H18F2O4/c1-9-13(19)4-11(5-14(9)20)18-15(22)6-10(7-16(18)23)17-3-2-12(21)8-24-17/h4-7,12,17,21-23H,2-3,8H2,1H3. The molecule has 1 saturated heterocycles. The summed E-state index contributed by atoms with van der Waals surface area (Å²) in [6.07, 6.45) is 0.238. The minimum atomic E-state index is -0.752. The van der Waals surface area contributed by atoms with Crippen LogP contribution in [0.2, 0.25) is 0 Å². The maximum atomic E-state index is 13.7. The van der Waals surface area contributed by atoms with Crippen LogP contribution in [0.25, 0.3) is 11.1 Å². The highest BCUT2D eigenvalue weighted by Gasteiger charge is 2.24. The van der Waals surface area contributed by atoms with Crippen LogP contribution in [0.5, 0.6) is 11.5 Å². The molecule has 1 aliphatic rings. The number of phenols is 2. The summed E-state index contributed by atoms with van der Waals surface area (Å²) >= 11 is 0. The topological polar surface area (TPSA) is 69.9 Å². The first-order chi connectivity index (χ1) is 11.4. The molecule has 4 nitrogen and oxygen atoms in total. The number of ether oxygens (including phenoxy) is 1. The van der Waals surface area contributed by atoms with Gasteiger partial charge in [-0.2, -0.15) is 0 Å². The Morgan fingerprint density at radius 3 is 2.08 bits per heavy atom. The molecule has 0 aromatic heterocycles. The maximum absolute atomic E-state index is 13.7. The van der Waals surface area contributed by atoms with E-state index in [1.165, 1.54) is 19.1 Å². The lowest BCUT2D eigenvalue weighted by Crippen LogP contribution is -2.24. The fourth-order valence-corrected chi connectivity index (χ4v) is 2.90. The van der Waals surface area contributed by atoms with Crippen LogP contribution in [0.1, 0.15) is 30.1 Å². The molecule has 0 amide bonds. The predicted octanol–water partition coefficient (Wildman–Crippen LogP) is 3.56. The van der Waals surface area contributed by atoms with Crippen LogP contribution in [0.4, 0.5) is 8.78 Å². The molecule has 3 rings (SSSR count). The monoisotopic (exact) mass is 336 g/mol. The minimum Gasteiger partial charge on any atom is -0.507 e. The summed E-state index contributed by atoms with van der Waals surface area (Å²) in [5, 5.41) is 30.0. The van der Waals surface area contributed by atoms with E-state index in [1.807, 2.05) is 0 Å². The molecule has 128 valence electrons. The van der Waals surface area contributed by atoms with Crippen molar-refractivity contribution >= 4 is 0 Å². The molecule has 6 heteroatoms. The van der Waals surface area contributed by atoms with Crippen molar-refractivity contribution in [3.8, 4) is 22.6 Å². The van der Waals surface area contributed by atoms with Gasteiger partial charge in [-0.15, -0.1) is 0 Å². The van der Waals surface area contributed by atoms with Gasteiger partial charge in [0.05, 0.1) is 24.4 Å². The third-order valence-corrected chi connectivity index (χ3v) is 4.31. The van der Waals surface area contributed by atoms with Crippen LogP contribution < -0.4 is 0 Å². The number of hydrogen-bond acceptors (Lipinski definition) is 4. The second-order valence-corrected chi connectivity index (χ2v) is 6.05. The van der Waals surface area contributed by atoms with E-state index in [9.17, 15) is 24.1 Å². The lowest BCUT2D eigenvalue weighted by Gasteiger charge is -2.27. The number of phenolic OH excluding ortho intramolecular Hbond substituents is 2. The van der Waals surface area contributed by atoms with Crippen LogP contribution in [-0.4, -0.2) is 28.0 Å². The molecule has 24 heavy (non-hydrogen) atoms. The quantitative estimate of drug-likeness (QED) is 0.784. The van der Waals surface area contributed by atoms with E-state index in [1.54, 1.807) is 0 Å². The number of rotatable bonds is 2. The highest BCUT2D eigenvalue weighted by atomic mass is 19.1. The fourth-order valence-electron chi connectivity index (χ4n) is 2.90. The average Bonchev–Trinajstić information content (AvgIpc) is 2.52. The van der Waals surface area contributed by atoms with Gasteiger partial charge in [0.15, 0.2) is 0 Å². The number of benzene rings is 2. The molecular weight excluding hydrogens is 318 g/mol. The van der Waals surface area contributed by atoms with E-state index in [0.29, 0.717) is 18.4 Å². The molecule has 2 aromatic rings. The molecule has 1 fully saturated rings. The van der Waals surface area contributed by atoms with Gasteiger partial charge in [-0.25, -0.2) is 8.78 Å². The fraction of sp³-hybridized carbons (Fsp3) is 0.333. The molecule has 2 unspecified atom stereocenters. The maximum Gasteiger partial charge on any atom is 0.129 e. The number of aromatic hydroxyl groups is 2. The minimum absolute atomic E-state index is 0.0348. The van der Waals surface area contributed by atoms with Gasteiger partial charge in [0.2, 0.25) is 0 Å². The SMILES string of the molecule is Cc1c(F)cc(-c2c(O)cc(C3CCC(O)CO3)cc2O)cc1F. The van der Waals surface area contributed by atoms with Crippen molar-refractivity contribution in [2.24, 2.45) is 0 Å². The summed E-state index contributed by atoms with van der Waals surface area (Å²) in [6, 6.07) is 4.96. The number of hydrogen-bond donors (Lipinski definition) is 3. The highest BCUT2D eigenvalue weighted by Crippen LogP contribution is 2.42. The number of aliphatic hydroxyl groups is 1. The average molecular weight is 336 g/mol. The van der Waals surface area contributed by atoms with Gasteiger partial charge < -0.3 is 20.1 Å². The Labute approximate surface area is 137 Å².